The summed E-state index contributed by atoms with van der Waals surface area (Å²) in [4.78, 5) is 13.1. The number of rotatable bonds is 9. The number of anilines is 3. The van der Waals surface area contributed by atoms with Crippen molar-refractivity contribution in [3.63, 3.8) is 0 Å². The van der Waals surface area contributed by atoms with Gasteiger partial charge in [-0.05, 0) is 48.7 Å². The topological polar surface area (TPSA) is 87.3 Å². The van der Waals surface area contributed by atoms with Crippen molar-refractivity contribution in [2.75, 3.05) is 27.7 Å². The van der Waals surface area contributed by atoms with Crippen molar-refractivity contribution in [3.05, 3.63) is 78.4 Å². The van der Waals surface area contributed by atoms with Crippen molar-refractivity contribution in [1.29, 1.82) is 0 Å². The third kappa shape index (κ3) is 5.86. The molecule has 0 bridgehead atoms. The molecule has 0 aliphatic carbocycles. The molecular weight excluding hydrogens is 410 g/mol. The van der Waals surface area contributed by atoms with Crippen LogP contribution in [0.3, 0.4) is 0 Å². The van der Waals surface area contributed by atoms with Crippen LogP contribution in [0.2, 0.25) is 0 Å². The van der Waals surface area contributed by atoms with Crippen LogP contribution in [-0.2, 0) is 10.0 Å². The number of amides is 1. The van der Waals surface area contributed by atoms with Crippen LogP contribution in [0.5, 0.6) is 0 Å². The molecule has 0 saturated carbocycles. The highest BCUT2D eigenvalue weighted by Gasteiger charge is 2.16. The Balaban J connectivity index is 1.98. The Morgan fingerprint density at radius 3 is 2.23 bits per heavy atom. The molecule has 3 rings (SSSR count). The molecule has 3 aromatic carbocycles. The SMILES string of the molecule is CCCNc1ccccc1C(=O)Nc1cc(-c2ccccc2)ccc1NS(=O)(=O)CC. The van der Waals surface area contributed by atoms with Crippen LogP contribution in [0.15, 0.2) is 72.8 Å². The van der Waals surface area contributed by atoms with E-state index in [9.17, 15) is 13.2 Å². The fourth-order valence-corrected chi connectivity index (χ4v) is 3.73. The third-order valence-electron chi connectivity index (χ3n) is 4.76. The maximum Gasteiger partial charge on any atom is 0.257 e. The molecule has 6 nitrogen and oxygen atoms in total. The standard InChI is InChI=1S/C24H27N3O3S/c1-3-16-25-21-13-9-8-12-20(21)24(28)26-23-17-19(18-10-6-5-7-11-18)14-15-22(23)27-31(29,30)4-2/h5-15,17,25,27H,3-4,16H2,1-2H3,(H,26,28). The summed E-state index contributed by atoms with van der Waals surface area (Å²) >= 11 is 0. The molecule has 0 aromatic heterocycles. The number of hydrogen-bond donors (Lipinski definition) is 3. The summed E-state index contributed by atoms with van der Waals surface area (Å²) in [6.07, 6.45) is 0.929. The summed E-state index contributed by atoms with van der Waals surface area (Å²) in [6, 6.07) is 22.2. The Labute approximate surface area is 183 Å². The molecule has 0 heterocycles. The van der Waals surface area contributed by atoms with E-state index in [1.54, 1.807) is 31.2 Å². The smallest absolute Gasteiger partial charge is 0.257 e. The summed E-state index contributed by atoms with van der Waals surface area (Å²) in [5.74, 6) is -0.383. The second kappa shape index (κ2) is 10.1. The van der Waals surface area contributed by atoms with Crippen molar-refractivity contribution < 1.29 is 13.2 Å². The van der Waals surface area contributed by atoms with Gasteiger partial charge in [0.05, 0.1) is 22.7 Å². The van der Waals surface area contributed by atoms with E-state index in [0.717, 1.165) is 29.8 Å². The van der Waals surface area contributed by atoms with Gasteiger partial charge in [-0.15, -0.1) is 0 Å². The summed E-state index contributed by atoms with van der Waals surface area (Å²) in [5.41, 5.74) is 3.78. The van der Waals surface area contributed by atoms with Crippen molar-refractivity contribution in [1.82, 2.24) is 0 Å². The predicted molar refractivity (Wildman–Crippen MR) is 128 cm³/mol. The first-order valence-electron chi connectivity index (χ1n) is 10.3. The van der Waals surface area contributed by atoms with E-state index in [1.807, 2.05) is 48.5 Å². The van der Waals surface area contributed by atoms with Crippen LogP contribution < -0.4 is 15.4 Å². The highest BCUT2D eigenvalue weighted by Crippen LogP contribution is 2.31. The lowest BCUT2D eigenvalue weighted by molar-refractivity contribution is 0.102. The second-order valence-corrected chi connectivity index (χ2v) is 9.07. The minimum atomic E-state index is -3.51. The monoisotopic (exact) mass is 437 g/mol. The molecule has 0 atom stereocenters. The van der Waals surface area contributed by atoms with Crippen molar-refractivity contribution in [2.45, 2.75) is 20.3 Å². The number of sulfonamides is 1. The first kappa shape index (κ1) is 22.4. The summed E-state index contributed by atoms with van der Waals surface area (Å²) < 4.78 is 26.9. The zero-order valence-electron chi connectivity index (χ0n) is 17.7. The van der Waals surface area contributed by atoms with Crippen molar-refractivity contribution >= 4 is 33.0 Å². The Hall–Kier alpha value is -3.32. The lowest BCUT2D eigenvalue weighted by atomic mass is 10.0. The number of carbonyl (C=O) groups is 1. The van der Waals surface area contributed by atoms with Crippen LogP contribution in [0, 0.1) is 0 Å². The minimum Gasteiger partial charge on any atom is -0.384 e. The van der Waals surface area contributed by atoms with Gasteiger partial charge in [0.2, 0.25) is 10.0 Å². The Morgan fingerprint density at radius 1 is 0.806 bits per heavy atom. The molecular formula is C24H27N3O3S. The van der Waals surface area contributed by atoms with E-state index in [-0.39, 0.29) is 11.7 Å². The molecule has 3 N–H and O–H groups in total. The molecule has 0 aliphatic rings. The van der Waals surface area contributed by atoms with E-state index < -0.39 is 10.0 Å². The van der Waals surface area contributed by atoms with Gasteiger partial charge in [0.15, 0.2) is 0 Å². The van der Waals surface area contributed by atoms with Crippen LogP contribution >= 0.6 is 0 Å². The number of nitrogens with one attached hydrogen (secondary N) is 3. The molecule has 1 amide bonds. The van der Waals surface area contributed by atoms with Gasteiger partial charge in [-0.25, -0.2) is 8.42 Å². The number of carbonyl (C=O) groups excluding carboxylic acids is 1. The normalized spacial score (nSPS) is 11.0. The molecule has 0 unspecified atom stereocenters. The van der Waals surface area contributed by atoms with Gasteiger partial charge < -0.3 is 10.6 Å². The highest BCUT2D eigenvalue weighted by atomic mass is 32.2. The quantitative estimate of drug-likeness (QED) is 0.430. The van der Waals surface area contributed by atoms with Crippen LogP contribution in [0.1, 0.15) is 30.6 Å². The zero-order chi connectivity index (χ0) is 22.3. The van der Waals surface area contributed by atoms with Crippen molar-refractivity contribution in [2.24, 2.45) is 0 Å². The molecule has 0 radical (unpaired) electrons. The van der Waals surface area contributed by atoms with Crippen molar-refractivity contribution in [3.8, 4) is 11.1 Å². The van der Waals surface area contributed by atoms with Gasteiger partial charge in [0.1, 0.15) is 0 Å². The van der Waals surface area contributed by atoms with Crippen LogP contribution in [0.4, 0.5) is 17.1 Å². The van der Waals surface area contributed by atoms with E-state index in [4.69, 9.17) is 0 Å². The Bertz CT molecular complexity index is 1150. The van der Waals surface area contributed by atoms with E-state index in [2.05, 4.69) is 22.3 Å². The van der Waals surface area contributed by atoms with Crippen LogP contribution in [0.25, 0.3) is 11.1 Å². The summed E-state index contributed by atoms with van der Waals surface area (Å²) in [6.45, 7) is 4.36. The lowest BCUT2D eigenvalue weighted by Gasteiger charge is -2.16. The van der Waals surface area contributed by atoms with E-state index in [0.29, 0.717) is 16.9 Å². The molecule has 0 saturated heterocycles. The first-order chi connectivity index (χ1) is 14.9. The fraction of sp³-hybridized carbons (Fsp3) is 0.208. The zero-order valence-corrected chi connectivity index (χ0v) is 18.5. The molecule has 0 spiro atoms. The number of hydrogen-bond acceptors (Lipinski definition) is 4. The van der Waals surface area contributed by atoms with Gasteiger partial charge in [0.25, 0.3) is 5.91 Å². The Morgan fingerprint density at radius 2 is 1.52 bits per heavy atom. The van der Waals surface area contributed by atoms with E-state index >= 15 is 0 Å². The predicted octanol–water partition coefficient (Wildman–Crippen LogP) is 5.19. The number of para-hydroxylation sites is 1. The maximum absolute atomic E-state index is 13.1. The van der Waals surface area contributed by atoms with Gasteiger partial charge in [0, 0.05) is 12.2 Å². The van der Waals surface area contributed by atoms with Gasteiger partial charge in [-0.3, -0.25) is 9.52 Å². The third-order valence-corrected chi connectivity index (χ3v) is 6.05. The summed E-state index contributed by atoms with van der Waals surface area (Å²) in [7, 11) is -3.51. The van der Waals surface area contributed by atoms with Gasteiger partial charge in [-0.2, -0.15) is 0 Å². The first-order valence-corrected chi connectivity index (χ1v) is 11.9. The molecule has 31 heavy (non-hydrogen) atoms. The molecule has 0 fully saturated rings. The molecule has 7 heteroatoms. The second-order valence-electron chi connectivity index (χ2n) is 7.06. The van der Waals surface area contributed by atoms with Gasteiger partial charge >= 0.3 is 0 Å². The largest absolute Gasteiger partial charge is 0.384 e. The fourth-order valence-electron chi connectivity index (χ4n) is 3.07. The molecule has 3 aromatic rings. The maximum atomic E-state index is 13.1. The average Bonchev–Trinajstić information content (AvgIpc) is 2.79. The Kier molecular flexibility index (Phi) is 7.31. The van der Waals surface area contributed by atoms with Crippen LogP contribution in [-0.4, -0.2) is 26.6 Å². The highest BCUT2D eigenvalue weighted by molar-refractivity contribution is 7.92. The molecule has 0 aliphatic heterocycles. The average molecular weight is 438 g/mol. The van der Waals surface area contributed by atoms with Gasteiger partial charge in [-0.1, -0.05) is 55.5 Å². The van der Waals surface area contributed by atoms with E-state index in [1.165, 1.54) is 0 Å². The lowest BCUT2D eigenvalue weighted by Crippen LogP contribution is -2.19. The summed E-state index contributed by atoms with van der Waals surface area (Å²) in [5, 5.41) is 6.15. The molecule has 162 valence electrons. The number of benzene rings is 3. The minimum absolute atomic E-state index is 0.0649.